The van der Waals surface area contributed by atoms with E-state index in [2.05, 4.69) is 6.92 Å². The first-order valence-corrected chi connectivity index (χ1v) is 8.60. The molecule has 1 aliphatic heterocycles. The average Bonchev–Trinajstić information content (AvgIpc) is 2.50. The molecular formula is C20H26N2O2. The van der Waals surface area contributed by atoms with Crippen LogP contribution in [0.4, 0.5) is 10.5 Å². The maximum Gasteiger partial charge on any atom is 0.327 e. The summed E-state index contributed by atoms with van der Waals surface area (Å²) in [6, 6.07) is 13.7. The van der Waals surface area contributed by atoms with Crippen molar-refractivity contribution < 1.29 is 9.90 Å². The van der Waals surface area contributed by atoms with Crippen molar-refractivity contribution in [1.82, 2.24) is 4.90 Å². The second kappa shape index (κ2) is 5.78. The van der Waals surface area contributed by atoms with E-state index >= 15 is 0 Å². The standard InChI is InChI=1S/C20H26N2O2/c1-5-13-21-18(23)22(20(4,24)14-19(21,2)3)17-12-8-10-15-9-6-7-11-16(15)17/h6-12,24H,5,13-14H2,1-4H3. The van der Waals surface area contributed by atoms with Gasteiger partial charge in [-0.1, -0.05) is 43.3 Å². The molecule has 4 heteroatoms. The van der Waals surface area contributed by atoms with Gasteiger partial charge < -0.3 is 10.0 Å². The van der Waals surface area contributed by atoms with Crippen molar-refractivity contribution in [3.8, 4) is 0 Å². The van der Waals surface area contributed by atoms with Gasteiger partial charge in [0.25, 0.3) is 0 Å². The highest BCUT2D eigenvalue weighted by Crippen LogP contribution is 2.41. The Kier molecular flexibility index (Phi) is 4.04. The zero-order chi connectivity index (χ0) is 17.5. The van der Waals surface area contributed by atoms with Crippen LogP contribution in [0.15, 0.2) is 42.5 Å². The maximum absolute atomic E-state index is 13.3. The fourth-order valence-corrected chi connectivity index (χ4v) is 3.97. The van der Waals surface area contributed by atoms with Crippen molar-refractivity contribution in [1.29, 1.82) is 0 Å². The summed E-state index contributed by atoms with van der Waals surface area (Å²) in [5.74, 6) is 0. The molecule has 0 radical (unpaired) electrons. The molecule has 0 spiro atoms. The first kappa shape index (κ1) is 16.8. The van der Waals surface area contributed by atoms with Gasteiger partial charge in [-0.25, -0.2) is 4.79 Å². The molecule has 2 aromatic carbocycles. The largest absolute Gasteiger partial charge is 0.371 e. The number of carbonyl (C=O) groups is 1. The van der Waals surface area contributed by atoms with Gasteiger partial charge in [-0.3, -0.25) is 4.90 Å². The quantitative estimate of drug-likeness (QED) is 0.910. The van der Waals surface area contributed by atoms with Crippen LogP contribution < -0.4 is 4.90 Å². The van der Waals surface area contributed by atoms with E-state index in [0.717, 1.165) is 22.9 Å². The maximum atomic E-state index is 13.3. The molecule has 24 heavy (non-hydrogen) atoms. The molecule has 1 aliphatic rings. The minimum Gasteiger partial charge on any atom is -0.371 e. The van der Waals surface area contributed by atoms with Gasteiger partial charge in [0.05, 0.1) is 5.69 Å². The SMILES string of the molecule is CCCN1C(=O)N(c2cccc3ccccc23)C(C)(O)CC1(C)C. The summed E-state index contributed by atoms with van der Waals surface area (Å²) >= 11 is 0. The first-order chi connectivity index (χ1) is 11.3. The summed E-state index contributed by atoms with van der Waals surface area (Å²) in [7, 11) is 0. The number of urea groups is 1. The number of rotatable bonds is 3. The minimum atomic E-state index is -1.23. The van der Waals surface area contributed by atoms with Crippen molar-refractivity contribution >= 4 is 22.5 Å². The Hall–Kier alpha value is -2.07. The lowest BCUT2D eigenvalue weighted by Gasteiger charge is -2.53. The third-order valence-electron chi connectivity index (χ3n) is 4.86. The van der Waals surface area contributed by atoms with Crippen LogP contribution in [0.5, 0.6) is 0 Å². The Morgan fingerprint density at radius 2 is 1.75 bits per heavy atom. The van der Waals surface area contributed by atoms with Crippen molar-refractivity contribution in [3.05, 3.63) is 42.5 Å². The van der Waals surface area contributed by atoms with Crippen LogP contribution in [0, 0.1) is 0 Å². The molecule has 1 heterocycles. The molecule has 128 valence electrons. The van der Waals surface area contributed by atoms with E-state index in [1.54, 1.807) is 11.8 Å². The first-order valence-electron chi connectivity index (χ1n) is 8.60. The molecule has 2 amide bonds. The van der Waals surface area contributed by atoms with E-state index in [4.69, 9.17) is 0 Å². The van der Waals surface area contributed by atoms with E-state index in [0.29, 0.717) is 13.0 Å². The van der Waals surface area contributed by atoms with E-state index in [1.807, 2.05) is 61.2 Å². The predicted octanol–water partition coefficient (Wildman–Crippen LogP) is 4.37. The normalized spacial score (nSPS) is 23.8. The van der Waals surface area contributed by atoms with E-state index in [-0.39, 0.29) is 11.6 Å². The number of amides is 2. The number of carbonyl (C=O) groups excluding carboxylic acids is 1. The topological polar surface area (TPSA) is 43.8 Å². The summed E-state index contributed by atoms with van der Waals surface area (Å²) in [6.45, 7) is 8.53. The summed E-state index contributed by atoms with van der Waals surface area (Å²) < 4.78 is 0. The number of nitrogens with zero attached hydrogens (tertiary/aromatic N) is 2. The van der Waals surface area contributed by atoms with Gasteiger partial charge in [0.2, 0.25) is 0 Å². The molecule has 1 N–H and O–H groups in total. The lowest BCUT2D eigenvalue weighted by Crippen LogP contribution is -2.68. The van der Waals surface area contributed by atoms with Crippen LogP contribution in [0.3, 0.4) is 0 Å². The zero-order valence-corrected chi connectivity index (χ0v) is 14.9. The molecular weight excluding hydrogens is 300 g/mol. The minimum absolute atomic E-state index is 0.130. The summed E-state index contributed by atoms with van der Waals surface area (Å²) in [5.41, 5.74) is -0.841. The lowest BCUT2D eigenvalue weighted by atomic mass is 9.87. The average molecular weight is 326 g/mol. The molecule has 0 aromatic heterocycles. The molecule has 1 saturated heterocycles. The Bertz CT molecular complexity index is 762. The summed E-state index contributed by atoms with van der Waals surface area (Å²) in [4.78, 5) is 16.7. The third-order valence-corrected chi connectivity index (χ3v) is 4.86. The van der Waals surface area contributed by atoms with Crippen LogP contribution in [0.1, 0.15) is 40.5 Å². The second-order valence-electron chi connectivity index (χ2n) is 7.47. The van der Waals surface area contributed by atoms with Crippen molar-refractivity contribution in [2.45, 2.75) is 51.8 Å². The van der Waals surface area contributed by atoms with Gasteiger partial charge in [0, 0.05) is 23.9 Å². The van der Waals surface area contributed by atoms with Gasteiger partial charge in [-0.15, -0.1) is 0 Å². The van der Waals surface area contributed by atoms with Crippen LogP contribution in [0.25, 0.3) is 10.8 Å². The van der Waals surface area contributed by atoms with Crippen LogP contribution >= 0.6 is 0 Å². The molecule has 4 nitrogen and oxygen atoms in total. The van der Waals surface area contributed by atoms with Crippen LogP contribution in [-0.4, -0.2) is 33.8 Å². The summed E-state index contributed by atoms with van der Waals surface area (Å²) in [6.07, 6.45) is 1.38. The number of hydrogen-bond donors (Lipinski definition) is 1. The summed E-state index contributed by atoms with van der Waals surface area (Å²) in [5, 5.41) is 13.2. The monoisotopic (exact) mass is 326 g/mol. The van der Waals surface area contributed by atoms with Gasteiger partial charge in [0.1, 0.15) is 5.72 Å². The Balaban J connectivity index is 2.15. The molecule has 1 atom stereocenters. The fourth-order valence-electron chi connectivity index (χ4n) is 3.97. The molecule has 0 aliphatic carbocycles. The zero-order valence-electron chi connectivity index (χ0n) is 14.9. The van der Waals surface area contributed by atoms with Crippen LogP contribution in [0.2, 0.25) is 0 Å². The Morgan fingerprint density at radius 3 is 2.46 bits per heavy atom. The molecule has 2 aromatic rings. The Morgan fingerprint density at radius 1 is 1.08 bits per heavy atom. The number of fused-ring (bicyclic) bond motifs is 1. The van der Waals surface area contributed by atoms with E-state index in [1.165, 1.54) is 0 Å². The smallest absolute Gasteiger partial charge is 0.327 e. The van der Waals surface area contributed by atoms with Crippen molar-refractivity contribution in [3.63, 3.8) is 0 Å². The number of benzene rings is 2. The number of aliphatic hydroxyl groups is 1. The van der Waals surface area contributed by atoms with Gasteiger partial charge in [-0.2, -0.15) is 0 Å². The predicted molar refractivity (Wildman–Crippen MR) is 98.1 cm³/mol. The molecule has 0 saturated carbocycles. The number of hydrogen-bond acceptors (Lipinski definition) is 2. The third kappa shape index (κ3) is 2.65. The fraction of sp³-hybridized carbons (Fsp3) is 0.450. The highest BCUT2D eigenvalue weighted by Gasteiger charge is 2.50. The highest BCUT2D eigenvalue weighted by molar-refractivity contribution is 6.04. The van der Waals surface area contributed by atoms with Crippen LogP contribution in [-0.2, 0) is 0 Å². The Labute approximate surface area is 143 Å². The molecule has 1 unspecified atom stereocenters. The van der Waals surface area contributed by atoms with E-state index < -0.39 is 5.72 Å². The second-order valence-corrected chi connectivity index (χ2v) is 7.47. The van der Waals surface area contributed by atoms with Gasteiger partial charge in [0.15, 0.2) is 0 Å². The molecule has 1 fully saturated rings. The number of anilines is 1. The highest BCUT2D eigenvalue weighted by atomic mass is 16.3. The van der Waals surface area contributed by atoms with Gasteiger partial charge in [-0.05, 0) is 38.6 Å². The van der Waals surface area contributed by atoms with Crippen molar-refractivity contribution in [2.24, 2.45) is 0 Å². The lowest BCUT2D eigenvalue weighted by molar-refractivity contribution is -0.0251. The van der Waals surface area contributed by atoms with Gasteiger partial charge >= 0.3 is 6.03 Å². The molecule has 0 bridgehead atoms. The molecule has 3 rings (SSSR count). The van der Waals surface area contributed by atoms with E-state index in [9.17, 15) is 9.90 Å². The van der Waals surface area contributed by atoms with Crippen molar-refractivity contribution in [2.75, 3.05) is 11.4 Å².